The lowest BCUT2D eigenvalue weighted by molar-refractivity contribution is 0.515. The molecule has 1 N–H and O–H groups in total. The molecule has 1 unspecified atom stereocenters. The fourth-order valence-corrected chi connectivity index (χ4v) is 2.45. The van der Waals surface area contributed by atoms with Crippen LogP contribution >= 0.6 is 11.6 Å². The van der Waals surface area contributed by atoms with Crippen molar-refractivity contribution in [2.75, 3.05) is 6.54 Å². The van der Waals surface area contributed by atoms with Crippen molar-refractivity contribution in [3.05, 3.63) is 64.7 Å². The number of aromatic nitrogens is 1. The lowest BCUT2D eigenvalue weighted by Crippen LogP contribution is -2.33. The fraction of sp³-hybridized carbons (Fsp3) is 0.312. The first kappa shape index (κ1) is 14.9. The van der Waals surface area contributed by atoms with Gasteiger partial charge < -0.3 is 5.32 Å². The summed E-state index contributed by atoms with van der Waals surface area (Å²) in [6, 6.07) is 11.0. The molecule has 1 aromatic heterocycles. The van der Waals surface area contributed by atoms with Crippen molar-refractivity contribution >= 4 is 11.6 Å². The van der Waals surface area contributed by atoms with E-state index in [9.17, 15) is 4.39 Å². The lowest BCUT2D eigenvalue weighted by Gasteiger charge is -2.18. The molecule has 0 saturated heterocycles. The predicted octanol–water partition coefficient (Wildman–Crippen LogP) is 3.64. The molecular formula is C16H18ClFN2. The Morgan fingerprint density at radius 1 is 1.20 bits per heavy atom. The average molecular weight is 293 g/mol. The monoisotopic (exact) mass is 292 g/mol. The summed E-state index contributed by atoms with van der Waals surface area (Å²) in [5.74, 6) is -0.364. The van der Waals surface area contributed by atoms with Gasteiger partial charge in [-0.3, -0.25) is 4.98 Å². The molecule has 106 valence electrons. The van der Waals surface area contributed by atoms with Crippen LogP contribution in [0.5, 0.6) is 0 Å². The molecule has 0 radical (unpaired) electrons. The highest BCUT2D eigenvalue weighted by Gasteiger charge is 2.13. The minimum atomic E-state index is -0.364. The van der Waals surface area contributed by atoms with Crippen molar-refractivity contribution < 1.29 is 4.39 Å². The van der Waals surface area contributed by atoms with Gasteiger partial charge in [-0.2, -0.15) is 0 Å². The Morgan fingerprint density at radius 2 is 2.05 bits per heavy atom. The van der Waals surface area contributed by atoms with E-state index in [-0.39, 0.29) is 16.9 Å². The van der Waals surface area contributed by atoms with Crippen molar-refractivity contribution in [2.24, 2.45) is 0 Å². The van der Waals surface area contributed by atoms with Crippen molar-refractivity contribution in [3.8, 4) is 0 Å². The summed E-state index contributed by atoms with van der Waals surface area (Å²) >= 11 is 6.02. The van der Waals surface area contributed by atoms with Crippen molar-refractivity contribution in [3.63, 3.8) is 0 Å². The number of nitrogens with zero attached hydrogens (tertiary/aromatic N) is 1. The van der Waals surface area contributed by atoms with Gasteiger partial charge in [0.2, 0.25) is 0 Å². The molecule has 4 heteroatoms. The molecule has 2 aromatic rings. The Balaban J connectivity index is 2.11. The summed E-state index contributed by atoms with van der Waals surface area (Å²) in [4.78, 5) is 4.34. The Hall–Kier alpha value is -1.45. The van der Waals surface area contributed by atoms with Gasteiger partial charge in [-0.25, -0.2) is 4.39 Å². The van der Waals surface area contributed by atoms with Crippen LogP contribution in [0, 0.1) is 5.82 Å². The molecule has 1 atom stereocenters. The summed E-state index contributed by atoms with van der Waals surface area (Å²) in [6.07, 6.45) is 3.26. The zero-order valence-corrected chi connectivity index (χ0v) is 12.2. The molecule has 0 aliphatic carbocycles. The van der Waals surface area contributed by atoms with E-state index in [1.54, 1.807) is 12.3 Å². The summed E-state index contributed by atoms with van der Waals surface area (Å²) in [7, 11) is 0. The molecule has 0 fully saturated rings. The molecule has 0 aliphatic rings. The second-order valence-corrected chi connectivity index (χ2v) is 5.07. The van der Waals surface area contributed by atoms with Crippen LogP contribution in [0.2, 0.25) is 5.02 Å². The van der Waals surface area contributed by atoms with Gasteiger partial charge in [-0.1, -0.05) is 36.7 Å². The van der Waals surface area contributed by atoms with Crippen LogP contribution in [0.25, 0.3) is 0 Å². The molecule has 0 amide bonds. The number of pyridine rings is 1. The molecule has 0 bridgehead atoms. The van der Waals surface area contributed by atoms with E-state index < -0.39 is 0 Å². The van der Waals surface area contributed by atoms with E-state index in [2.05, 4.69) is 17.2 Å². The van der Waals surface area contributed by atoms with E-state index in [0.29, 0.717) is 6.42 Å². The molecule has 20 heavy (non-hydrogen) atoms. The Bertz CT molecular complexity index is 545. The Morgan fingerprint density at radius 3 is 2.75 bits per heavy atom. The van der Waals surface area contributed by atoms with Crippen molar-refractivity contribution in [1.29, 1.82) is 0 Å². The largest absolute Gasteiger partial charge is 0.314 e. The van der Waals surface area contributed by atoms with E-state index >= 15 is 0 Å². The topological polar surface area (TPSA) is 24.9 Å². The molecule has 0 aliphatic heterocycles. The van der Waals surface area contributed by atoms with Gasteiger partial charge in [-0.05, 0) is 36.7 Å². The summed E-state index contributed by atoms with van der Waals surface area (Å²) in [5, 5.41) is 3.62. The second-order valence-electron chi connectivity index (χ2n) is 4.70. The molecule has 0 saturated carbocycles. The number of likely N-dealkylation sites (N-methyl/N-ethyl adjacent to an activating group) is 1. The Kier molecular flexibility index (Phi) is 5.50. The van der Waals surface area contributed by atoms with E-state index in [0.717, 1.165) is 24.2 Å². The normalized spacial score (nSPS) is 12.3. The minimum Gasteiger partial charge on any atom is -0.314 e. The highest BCUT2D eigenvalue weighted by atomic mass is 35.5. The zero-order chi connectivity index (χ0) is 14.4. The van der Waals surface area contributed by atoms with Gasteiger partial charge in [0.15, 0.2) is 0 Å². The third-order valence-corrected chi connectivity index (χ3v) is 3.60. The predicted molar refractivity (Wildman–Crippen MR) is 80.5 cm³/mol. The van der Waals surface area contributed by atoms with Crippen molar-refractivity contribution in [1.82, 2.24) is 10.3 Å². The first-order valence-electron chi connectivity index (χ1n) is 6.77. The van der Waals surface area contributed by atoms with Crippen LogP contribution in [0.15, 0.2) is 42.6 Å². The quantitative estimate of drug-likeness (QED) is 0.879. The van der Waals surface area contributed by atoms with Gasteiger partial charge in [0.25, 0.3) is 0 Å². The summed E-state index contributed by atoms with van der Waals surface area (Å²) < 4.78 is 13.5. The average Bonchev–Trinajstić information content (AvgIpc) is 2.45. The number of nitrogens with one attached hydrogen (secondary N) is 1. The van der Waals surface area contributed by atoms with E-state index in [1.165, 1.54) is 6.07 Å². The third kappa shape index (κ3) is 4.02. The summed E-state index contributed by atoms with van der Waals surface area (Å²) in [6.45, 7) is 2.91. The lowest BCUT2D eigenvalue weighted by atomic mass is 10.0. The highest BCUT2D eigenvalue weighted by molar-refractivity contribution is 6.31. The first-order valence-corrected chi connectivity index (χ1v) is 7.14. The van der Waals surface area contributed by atoms with Crippen LogP contribution in [0.1, 0.15) is 18.2 Å². The number of benzene rings is 1. The SMILES string of the molecule is CCNC(Cc1ccccn1)Cc1cccc(F)c1Cl. The number of rotatable bonds is 6. The minimum absolute atomic E-state index is 0.189. The maximum absolute atomic E-state index is 13.5. The number of hydrogen-bond donors (Lipinski definition) is 1. The van der Waals surface area contributed by atoms with Gasteiger partial charge >= 0.3 is 0 Å². The fourth-order valence-electron chi connectivity index (χ4n) is 2.25. The molecule has 2 rings (SSSR count). The van der Waals surface area contributed by atoms with Crippen LogP contribution < -0.4 is 5.32 Å². The van der Waals surface area contributed by atoms with E-state index in [4.69, 9.17) is 11.6 Å². The van der Waals surface area contributed by atoms with Gasteiger partial charge in [0, 0.05) is 24.4 Å². The van der Waals surface area contributed by atoms with Crippen LogP contribution in [0.4, 0.5) is 4.39 Å². The maximum Gasteiger partial charge on any atom is 0.142 e. The molecular weight excluding hydrogens is 275 g/mol. The molecule has 1 aromatic carbocycles. The smallest absolute Gasteiger partial charge is 0.142 e. The second kappa shape index (κ2) is 7.36. The summed E-state index contributed by atoms with van der Waals surface area (Å²) in [5.41, 5.74) is 1.85. The number of hydrogen-bond acceptors (Lipinski definition) is 2. The molecule has 2 nitrogen and oxygen atoms in total. The maximum atomic E-state index is 13.5. The molecule has 1 heterocycles. The zero-order valence-electron chi connectivity index (χ0n) is 11.4. The van der Waals surface area contributed by atoms with Crippen molar-refractivity contribution in [2.45, 2.75) is 25.8 Å². The van der Waals surface area contributed by atoms with Crippen LogP contribution in [-0.2, 0) is 12.8 Å². The third-order valence-electron chi connectivity index (χ3n) is 3.17. The number of halogens is 2. The van der Waals surface area contributed by atoms with Crippen LogP contribution in [0.3, 0.4) is 0 Å². The first-order chi connectivity index (χ1) is 9.70. The standard InChI is InChI=1S/C16H18ClFN2/c1-2-19-14(11-13-7-3-4-9-20-13)10-12-6-5-8-15(18)16(12)17/h3-9,14,19H,2,10-11H2,1H3. The highest BCUT2D eigenvalue weighted by Crippen LogP contribution is 2.21. The van der Waals surface area contributed by atoms with Gasteiger partial charge in [0.05, 0.1) is 5.02 Å². The Labute approximate surface area is 124 Å². The molecule has 0 spiro atoms. The van der Waals surface area contributed by atoms with E-state index in [1.807, 2.05) is 24.3 Å². The van der Waals surface area contributed by atoms with Crippen LogP contribution in [-0.4, -0.2) is 17.6 Å². The van der Waals surface area contributed by atoms with Gasteiger partial charge in [0.1, 0.15) is 5.82 Å². The van der Waals surface area contributed by atoms with Gasteiger partial charge in [-0.15, -0.1) is 0 Å².